The lowest BCUT2D eigenvalue weighted by molar-refractivity contribution is 0.334. The first-order valence-electron chi connectivity index (χ1n) is 10.8. The van der Waals surface area contributed by atoms with Crippen molar-refractivity contribution in [2.24, 2.45) is 0 Å². The van der Waals surface area contributed by atoms with Crippen LogP contribution in [0.4, 0.5) is 4.39 Å². The molecule has 0 saturated carbocycles. The summed E-state index contributed by atoms with van der Waals surface area (Å²) in [5.74, 6) is 0.136. The number of furan rings is 1. The molecule has 2 aromatic carbocycles. The zero-order valence-electron chi connectivity index (χ0n) is 17.4. The molecule has 1 unspecified atom stereocenters. The van der Waals surface area contributed by atoms with E-state index in [9.17, 15) is 4.39 Å². The number of benzene rings is 2. The number of hydrogen-bond acceptors (Lipinski definition) is 3. The molecule has 0 radical (unpaired) electrons. The molecule has 0 amide bonds. The lowest BCUT2D eigenvalue weighted by atomic mass is 9.92. The predicted octanol–water partition coefficient (Wildman–Crippen LogP) is 6.08. The fraction of sp³-hybridized carbons (Fsp3) is 0.222. The van der Waals surface area contributed by atoms with Crippen LogP contribution in [-0.4, -0.2) is 29.5 Å². The third kappa shape index (κ3) is 4.30. The summed E-state index contributed by atoms with van der Waals surface area (Å²) in [6.07, 6.45) is 7.70. The Morgan fingerprint density at radius 2 is 1.87 bits per heavy atom. The summed E-state index contributed by atoms with van der Waals surface area (Å²) in [4.78, 5) is 7.08. The largest absolute Gasteiger partial charge is 0.464 e. The number of pyridine rings is 1. The van der Waals surface area contributed by atoms with Crippen LogP contribution < -0.4 is 0 Å². The van der Waals surface area contributed by atoms with E-state index in [4.69, 9.17) is 4.42 Å². The van der Waals surface area contributed by atoms with Crippen molar-refractivity contribution < 1.29 is 8.81 Å². The predicted molar refractivity (Wildman–Crippen MR) is 122 cm³/mol. The van der Waals surface area contributed by atoms with Gasteiger partial charge in [-0.25, -0.2) is 4.39 Å². The van der Waals surface area contributed by atoms with Crippen LogP contribution in [0.25, 0.3) is 16.5 Å². The van der Waals surface area contributed by atoms with Crippen molar-refractivity contribution in [1.82, 2.24) is 9.88 Å². The second kappa shape index (κ2) is 8.86. The quantitative estimate of drug-likeness (QED) is 0.368. The number of rotatable bonds is 7. The van der Waals surface area contributed by atoms with Gasteiger partial charge in [0.15, 0.2) is 0 Å². The minimum atomic E-state index is -0.234. The van der Waals surface area contributed by atoms with Gasteiger partial charge in [-0.1, -0.05) is 42.5 Å². The number of fused-ring (bicyclic) bond motifs is 1. The van der Waals surface area contributed by atoms with Crippen LogP contribution in [0.5, 0.6) is 0 Å². The minimum Gasteiger partial charge on any atom is -0.464 e. The molecule has 0 spiro atoms. The molecule has 4 aromatic rings. The van der Waals surface area contributed by atoms with E-state index in [1.54, 1.807) is 12.3 Å². The van der Waals surface area contributed by atoms with Crippen LogP contribution in [0.15, 0.2) is 89.7 Å². The van der Waals surface area contributed by atoms with Gasteiger partial charge in [0.05, 0.1) is 11.6 Å². The molecule has 31 heavy (non-hydrogen) atoms. The van der Waals surface area contributed by atoms with Gasteiger partial charge in [-0.15, -0.1) is 0 Å². The Morgan fingerprint density at radius 3 is 2.71 bits per heavy atom. The topological polar surface area (TPSA) is 29.3 Å². The molecule has 0 saturated heterocycles. The van der Waals surface area contributed by atoms with Crippen molar-refractivity contribution >= 4 is 16.5 Å². The highest BCUT2D eigenvalue weighted by molar-refractivity contribution is 5.91. The van der Waals surface area contributed by atoms with Crippen LogP contribution in [0.3, 0.4) is 0 Å². The zero-order valence-corrected chi connectivity index (χ0v) is 17.4. The third-order valence-electron chi connectivity index (χ3n) is 6.12. The van der Waals surface area contributed by atoms with E-state index >= 15 is 0 Å². The first kappa shape index (κ1) is 19.7. The van der Waals surface area contributed by atoms with E-state index in [0.717, 1.165) is 43.7 Å². The molecule has 0 bridgehead atoms. The standard InChI is InChI=1S/C27H25FN2O/c28-25-10-9-23(27-24(25)13-17-31-27)22-12-16-30(19-22)15-11-21(26-8-4-5-14-29-26)18-20-6-2-1-3-7-20/h1-10,12-14,17,21H,11,15-16,18-19H2. The molecule has 1 aliphatic rings. The molecule has 156 valence electrons. The van der Waals surface area contributed by atoms with Gasteiger partial charge in [0.1, 0.15) is 11.4 Å². The zero-order chi connectivity index (χ0) is 21.0. The van der Waals surface area contributed by atoms with Crippen molar-refractivity contribution in [3.8, 4) is 0 Å². The van der Waals surface area contributed by atoms with E-state index in [1.165, 1.54) is 17.2 Å². The summed E-state index contributed by atoms with van der Waals surface area (Å²) in [5.41, 5.74) is 5.33. The smallest absolute Gasteiger partial charge is 0.144 e. The first-order valence-corrected chi connectivity index (χ1v) is 10.8. The average molecular weight is 413 g/mol. The normalized spacial score (nSPS) is 15.3. The van der Waals surface area contributed by atoms with Crippen LogP contribution >= 0.6 is 0 Å². The second-order valence-electron chi connectivity index (χ2n) is 8.15. The summed E-state index contributed by atoms with van der Waals surface area (Å²) >= 11 is 0. The fourth-order valence-corrected chi connectivity index (χ4v) is 4.46. The summed E-state index contributed by atoms with van der Waals surface area (Å²) in [6, 6.07) is 21.9. The van der Waals surface area contributed by atoms with Gasteiger partial charge < -0.3 is 4.42 Å². The van der Waals surface area contributed by atoms with Gasteiger partial charge in [-0.3, -0.25) is 9.88 Å². The molecule has 1 atom stereocenters. The van der Waals surface area contributed by atoms with E-state index in [2.05, 4.69) is 58.4 Å². The Balaban J connectivity index is 1.27. The van der Waals surface area contributed by atoms with Crippen molar-refractivity contribution in [2.75, 3.05) is 19.6 Å². The summed E-state index contributed by atoms with van der Waals surface area (Å²) in [6.45, 7) is 2.73. The van der Waals surface area contributed by atoms with Gasteiger partial charge in [0.2, 0.25) is 0 Å². The maximum atomic E-state index is 14.0. The fourth-order valence-electron chi connectivity index (χ4n) is 4.46. The monoisotopic (exact) mass is 412 g/mol. The van der Waals surface area contributed by atoms with Gasteiger partial charge in [-0.2, -0.15) is 0 Å². The minimum absolute atomic E-state index is 0.234. The lowest BCUT2D eigenvalue weighted by Gasteiger charge is -2.21. The number of aromatic nitrogens is 1. The Hall–Kier alpha value is -3.24. The van der Waals surface area contributed by atoms with Gasteiger partial charge in [0.25, 0.3) is 0 Å². The Bertz CT molecular complexity index is 1180. The third-order valence-corrected chi connectivity index (χ3v) is 6.12. The first-order chi connectivity index (χ1) is 15.3. The Kier molecular flexibility index (Phi) is 5.63. The van der Waals surface area contributed by atoms with Crippen LogP contribution in [0, 0.1) is 5.82 Å². The summed E-state index contributed by atoms with van der Waals surface area (Å²) in [7, 11) is 0. The van der Waals surface area contributed by atoms with Crippen molar-refractivity contribution in [1.29, 1.82) is 0 Å². The maximum absolute atomic E-state index is 14.0. The highest BCUT2D eigenvalue weighted by atomic mass is 19.1. The molecule has 3 nitrogen and oxygen atoms in total. The SMILES string of the molecule is Fc1ccc(C2=CCN(CCC(Cc3ccccc3)c3ccccn3)C2)c2occc12. The van der Waals surface area contributed by atoms with Crippen LogP contribution in [-0.2, 0) is 6.42 Å². The molecule has 5 rings (SSSR count). The average Bonchev–Trinajstić information content (AvgIpc) is 3.49. The van der Waals surface area contributed by atoms with Crippen LogP contribution in [0.2, 0.25) is 0 Å². The lowest BCUT2D eigenvalue weighted by Crippen LogP contribution is -2.24. The van der Waals surface area contributed by atoms with E-state index < -0.39 is 0 Å². The molecule has 0 fully saturated rings. The van der Waals surface area contributed by atoms with E-state index in [-0.39, 0.29) is 5.82 Å². The molecule has 1 aliphatic heterocycles. The highest BCUT2D eigenvalue weighted by Gasteiger charge is 2.21. The maximum Gasteiger partial charge on any atom is 0.144 e. The number of hydrogen-bond donors (Lipinski definition) is 0. The Labute approximate surface area is 181 Å². The van der Waals surface area contributed by atoms with E-state index in [1.807, 2.05) is 18.3 Å². The molecule has 3 heterocycles. The van der Waals surface area contributed by atoms with Gasteiger partial charge in [0, 0.05) is 36.5 Å². The summed E-state index contributed by atoms with van der Waals surface area (Å²) < 4.78 is 19.6. The van der Waals surface area contributed by atoms with Crippen molar-refractivity contribution in [2.45, 2.75) is 18.8 Å². The van der Waals surface area contributed by atoms with Crippen molar-refractivity contribution in [3.05, 3.63) is 108 Å². The molecule has 0 aliphatic carbocycles. The van der Waals surface area contributed by atoms with E-state index in [0.29, 0.717) is 16.9 Å². The molecular formula is C27H25FN2O. The van der Waals surface area contributed by atoms with Crippen molar-refractivity contribution in [3.63, 3.8) is 0 Å². The summed E-state index contributed by atoms with van der Waals surface area (Å²) in [5, 5.41) is 0.551. The Morgan fingerprint density at radius 1 is 1.00 bits per heavy atom. The highest BCUT2D eigenvalue weighted by Crippen LogP contribution is 2.31. The van der Waals surface area contributed by atoms with Gasteiger partial charge >= 0.3 is 0 Å². The molecular weight excluding hydrogens is 387 g/mol. The second-order valence-corrected chi connectivity index (χ2v) is 8.15. The van der Waals surface area contributed by atoms with Crippen LogP contribution in [0.1, 0.15) is 29.2 Å². The number of nitrogens with zero attached hydrogens (tertiary/aromatic N) is 2. The molecule has 0 N–H and O–H groups in total. The molecule has 2 aromatic heterocycles. The van der Waals surface area contributed by atoms with Gasteiger partial charge in [-0.05, 0) is 60.9 Å². The number of halogens is 1. The molecule has 4 heteroatoms.